The van der Waals surface area contributed by atoms with E-state index in [0.29, 0.717) is 17.1 Å². The third kappa shape index (κ3) is 3.22. The van der Waals surface area contributed by atoms with E-state index in [1.807, 2.05) is 0 Å². The third-order valence-electron chi connectivity index (χ3n) is 3.64. The highest BCUT2D eigenvalue weighted by molar-refractivity contribution is 6.30. The molecule has 1 unspecified atom stereocenters. The minimum absolute atomic E-state index is 0.0622. The fraction of sp³-hybridized carbons (Fsp3) is 0.571. The van der Waals surface area contributed by atoms with Gasteiger partial charge < -0.3 is 5.11 Å². The molecule has 1 aromatic rings. The van der Waals surface area contributed by atoms with E-state index in [9.17, 15) is 9.50 Å². The zero-order chi connectivity index (χ0) is 13.2. The summed E-state index contributed by atoms with van der Waals surface area (Å²) >= 11 is 5.89. The van der Waals surface area contributed by atoms with E-state index in [2.05, 4.69) is 11.8 Å². The van der Waals surface area contributed by atoms with Gasteiger partial charge in [0.15, 0.2) is 0 Å². The average molecular weight is 272 g/mol. The van der Waals surface area contributed by atoms with Gasteiger partial charge in [-0.25, -0.2) is 4.39 Å². The second-order valence-electron chi connectivity index (χ2n) is 5.52. The Labute approximate surface area is 112 Å². The topological polar surface area (TPSA) is 23.5 Å². The van der Waals surface area contributed by atoms with Crippen LogP contribution < -0.4 is 0 Å². The largest absolute Gasteiger partial charge is 0.396 e. The van der Waals surface area contributed by atoms with Gasteiger partial charge in [0, 0.05) is 35.7 Å². The first-order valence-corrected chi connectivity index (χ1v) is 6.67. The predicted molar refractivity (Wildman–Crippen MR) is 71.1 cm³/mol. The van der Waals surface area contributed by atoms with E-state index in [-0.39, 0.29) is 17.8 Å². The van der Waals surface area contributed by atoms with E-state index < -0.39 is 0 Å². The lowest BCUT2D eigenvalue weighted by Gasteiger charge is -2.39. The number of hydrogen-bond acceptors (Lipinski definition) is 2. The number of benzene rings is 1. The predicted octanol–water partition coefficient (Wildman–Crippen LogP) is 3.07. The van der Waals surface area contributed by atoms with Crippen molar-refractivity contribution in [3.63, 3.8) is 0 Å². The number of hydrogen-bond donors (Lipinski definition) is 1. The SMILES string of the molecule is CC1(CO)CCCN(Cc2cc(Cl)ccc2F)C1. The molecule has 0 aliphatic carbocycles. The van der Waals surface area contributed by atoms with E-state index in [0.717, 1.165) is 25.9 Å². The molecule has 1 aliphatic rings. The summed E-state index contributed by atoms with van der Waals surface area (Å²) in [6.07, 6.45) is 2.07. The molecule has 1 atom stereocenters. The van der Waals surface area contributed by atoms with Crippen LogP contribution in [0.5, 0.6) is 0 Å². The quantitative estimate of drug-likeness (QED) is 0.913. The molecule has 100 valence electrons. The van der Waals surface area contributed by atoms with Gasteiger partial charge in [0.25, 0.3) is 0 Å². The maximum atomic E-state index is 13.7. The number of halogens is 2. The van der Waals surface area contributed by atoms with Crippen molar-refractivity contribution in [2.75, 3.05) is 19.7 Å². The molecule has 1 saturated heterocycles. The third-order valence-corrected chi connectivity index (χ3v) is 3.88. The van der Waals surface area contributed by atoms with E-state index in [1.165, 1.54) is 6.07 Å². The van der Waals surface area contributed by atoms with Gasteiger partial charge >= 0.3 is 0 Å². The summed E-state index contributed by atoms with van der Waals surface area (Å²) in [4.78, 5) is 2.19. The van der Waals surface area contributed by atoms with E-state index in [1.54, 1.807) is 12.1 Å². The summed E-state index contributed by atoms with van der Waals surface area (Å²) in [5.74, 6) is -0.212. The zero-order valence-corrected chi connectivity index (χ0v) is 11.4. The van der Waals surface area contributed by atoms with Gasteiger partial charge in [-0.05, 0) is 37.6 Å². The first kappa shape index (κ1) is 13.8. The first-order chi connectivity index (χ1) is 8.52. The molecule has 1 aromatic carbocycles. The van der Waals surface area contributed by atoms with Gasteiger partial charge in [-0.1, -0.05) is 18.5 Å². The lowest BCUT2D eigenvalue weighted by molar-refractivity contribution is 0.0424. The Morgan fingerprint density at radius 2 is 2.28 bits per heavy atom. The lowest BCUT2D eigenvalue weighted by atomic mass is 9.82. The molecule has 0 saturated carbocycles. The standard InChI is InChI=1S/C14H19ClFNO/c1-14(10-18)5-2-6-17(9-14)8-11-7-12(15)3-4-13(11)16/h3-4,7,18H,2,5-6,8-10H2,1H3. The van der Waals surface area contributed by atoms with Crippen molar-refractivity contribution in [3.8, 4) is 0 Å². The summed E-state index contributed by atoms with van der Waals surface area (Å²) in [7, 11) is 0. The van der Waals surface area contributed by atoms with Crippen LogP contribution in [0.4, 0.5) is 4.39 Å². The molecule has 1 aliphatic heterocycles. The van der Waals surface area contributed by atoms with Crippen LogP contribution in [0.3, 0.4) is 0 Å². The van der Waals surface area contributed by atoms with Gasteiger partial charge in [0.2, 0.25) is 0 Å². The van der Waals surface area contributed by atoms with E-state index in [4.69, 9.17) is 11.6 Å². The van der Waals surface area contributed by atoms with Crippen molar-refractivity contribution in [2.45, 2.75) is 26.3 Å². The highest BCUT2D eigenvalue weighted by Crippen LogP contribution is 2.30. The van der Waals surface area contributed by atoms with Crippen LogP contribution in [-0.4, -0.2) is 29.7 Å². The van der Waals surface area contributed by atoms with Gasteiger partial charge in [0.05, 0.1) is 0 Å². The Kier molecular flexibility index (Phi) is 4.25. The average Bonchev–Trinajstić information content (AvgIpc) is 2.34. The molecule has 1 heterocycles. The minimum atomic E-state index is -0.212. The number of rotatable bonds is 3. The Hall–Kier alpha value is -0.640. The van der Waals surface area contributed by atoms with Crippen LogP contribution in [0, 0.1) is 11.2 Å². The number of aliphatic hydroxyl groups excluding tert-OH is 1. The molecular formula is C14H19ClFNO. The van der Waals surface area contributed by atoms with E-state index >= 15 is 0 Å². The first-order valence-electron chi connectivity index (χ1n) is 6.30. The van der Waals surface area contributed by atoms with Crippen LogP contribution in [0.25, 0.3) is 0 Å². The second kappa shape index (κ2) is 5.55. The fourth-order valence-electron chi connectivity index (χ4n) is 2.60. The monoisotopic (exact) mass is 271 g/mol. The maximum absolute atomic E-state index is 13.7. The Bertz CT molecular complexity index is 426. The molecule has 2 rings (SSSR count). The van der Waals surface area contributed by atoms with Crippen molar-refractivity contribution >= 4 is 11.6 Å². The smallest absolute Gasteiger partial charge is 0.127 e. The van der Waals surface area contributed by atoms with Gasteiger partial charge in [0.1, 0.15) is 5.82 Å². The van der Waals surface area contributed by atoms with Crippen molar-refractivity contribution < 1.29 is 9.50 Å². The second-order valence-corrected chi connectivity index (χ2v) is 5.96. The molecule has 2 nitrogen and oxygen atoms in total. The fourth-order valence-corrected chi connectivity index (χ4v) is 2.79. The number of piperidine rings is 1. The normalized spacial score (nSPS) is 25.3. The van der Waals surface area contributed by atoms with Crippen LogP contribution in [0.15, 0.2) is 18.2 Å². The van der Waals surface area contributed by atoms with Crippen molar-refractivity contribution in [2.24, 2.45) is 5.41 Å². The van der Waals surface area contributed by atoms with Crippen molar-refractivity contribution in [3.05, 3.63) is 34.6 Å². The van der Waals surface area contributed by atoms with Gasteiger partial charge in [-0.3, -0.25) is 4.90 Å². The molecule has 1 N–H and O–H groups in total. The Balaban J connectivity index is 2.07. The Morgan fingerprint density at radius 3 is 3.00 bits per heavy atom. The van der Waals surface area contributed by atoms with Crippen LogP contribution in [-0.2, 0) is 6.54 Å². The number of likely N-dealkylation sites (tertiary alicyclic amines) is 1. The molecule has 0 amide bonds. The van der Waals surface area contributed by atoms with Crippen molar-refractivity contribution in [1.29, 1.82) is 0 Å². The van der Waals surface area contributed by atoms with Crippen molar-refractivity contribution in [1.82, 2.24) is 4.90 Å². The molecule has 0 spiro atoms. The molecule has 0 radical (unpaired) electrons. The molecule has 0 aromatic heterocycles. The maximum Gasteiger partial charge on any atom is 0.127 e. The van der Waals surface area contributed by atoms with Gasteiger partial charge in [-0.15, -0.1) is 0 Å². The summed E-state index contributed by atoms with van der Waals surface area (Å²) in [6, 6.07) is 4.66. The Morgan fingerprint density at radius 1 is 1.50 bits per heavy atom. The molecular weight excluding hydrogens is 253 g/mol. The summed E-state index contributed by atoms with van der Waals surface area (Å²) in [5, 5.41) is 9.97. The number of nitrogens with zero attached hydrogens (tertiary/aromatic N) is 1. The molecule has 4 heteroatoms. The lowest BCUT2D eigenvalue weighted by Crippen LogP contribution is -2.43. The van der Waals surface area contributed by atoms with Crippen LogP contribution in [0.2, 0.25) is 5.02 Å². The summed E-state index contributed by atoms with van der Waals surface area (Å²) < 4.78 is 13.7. The highest BCUT2D eigenvalue weighted by Gasteiger charge is 2.30. The van der Waals surface area contributed by atoms with Crippen LogP contribution >= 0.6 is 11.6 Å². The zero-order valence-electron chi connectivity index (χ0n) is 10.6. The summed E-state index contributed by atoms with van der Waals surface area (Å²) in [6.45, 7) is 4.56. The van der Waals surface area contributed by atoms with Gasteiger partial charge in [-0.2, -0.15) is 0 Å². The number of aliphatic hydroxyl groups is 1. The molecule has 0 bridgehead atoms. The molecule has 1 fully saturated rings. The summed E-state index contributed by atoms with van der Waals surface area (Å²) in [5.41, 5.74) is 0.567. The van der Waals surface area contributed by atoms with Crippen LogP contribution in [0.1, 0.15) is 25.3 Å². The minimum Gasteiger partial charge on any atom is -0.396 e. The highest BCUT2D eigenvalue weighted by atomic mass is 35.5. The molecule has 18 heavy (non-hydrogen) atoms.